The Morgan fingerprint density at radius 3 is 2.11 bits per heavy atom. The molecule has 3 fully saturated rings. The van der Waals surface area contributed by atoms with E-state index in [1.807, 2.05) is 11.0 Å². The molecule has 0 spiro atoms. The molecule has 47 heavy (non-hydrogen) atoms. The number of hydrogen-bond donors (Lipinski definition) is 1. The van der Waals surface area contributed by atoms with E-state index in [0.29, 0.717) is 31.6 Å². The molecule has 11 nitrogen and oxygen atoms in total. The maximum atomic E-state index is 14.7. The number of anilines is 1. The highest BCUT2D eigenvalue weighted by atomic mass is 28.5. The number of nitrogens with zero attached hydrogens (tertiary/aromatic N) is 2. The summed E-state index contributed by atoms with van der Waals surface area (Å²) in [6.07, 6.45) is -0.748. The molecule has 14 heteroatoms. The Morgan fingerprint density at radius 1 is 0.936 bits per heavy atom. The van der Waals surface area contributed by atoms with Gasteiger partial charge in [-0.1, -0.05) is 67.5 Å². The maximum Gasteiger partial charge on any atom is 0.335 e. The molecule has 0 amide bonds. The number of halogens is 1. The first kappa shape index (κ1) is 36.1. The van der Waals surface area contributed by atoms with Crippen LogP contribution in [-0.4, -0.2) is 77.6 Å². The molecule has 3 aliphatic rings. The predicted octanol–water partition coefficient (Wildman–Crippen LogP) is 5.56. The van der Waals surface area contributed by atoms with Gasteiger partial charge in [-0.05, 0) is 34.3 Å². The zero-order valence-corrected chi connectivity index (χ0v) is 31.2. The van der Waals surface area contributed by atoms with E-state index in [0.717, 1.165) is 0 Å². The van der Waals surface area contributed by atoms with Crippen molar-refractivity contribution in [1.82, 2.24) is 9.55 Å². The zero-order valence-electron chi connectivity index (χ0n) is 29.2. The van der Waals surface area contributed by atoms with E-state index >= 15 is 0 Å². The number of aromatic nitrogens is 2. The Balaban J connectivity index is 1.56. The van der Waals surface area contributed by atoms with Crippen molar-refractivity contribution in [2.45, 2.75) is 121 Å². The molecule has 0 bridgehead atoms. The number of nitrogens with one attached hydrogen (secondary N) is 1. The molecule has 0 saturated carbocycles. The lowest BCUT2D eigenvalue weighted by atomic mass is 10.0. The fraction of sp³-hybridized carbons (Fsp3) is 0.697. The van der Waals surface area contributed by atoms with Crippen molar-refractivity contribution < 1.29 is 31.6 Å². The second-order valence-electron chi connectivity index (χ2n) is 14.3. The summed E-state index contributed by atoms with van der Waals surface area (Å²) in [7, 11) is -4.33. The average Bonchev–Trinajstić information content (AvgIpc) is 3.32. The third-order valence-corrected chi connectivity index (χ3v) is 20.4. The molecule has 1 N–H and O–H groups in total. The van der Waals surface area contributed by atoms with Gasteiger partial charge in [0.05, 0.1) is 12.3 Å². The minimum Gasteiger partial charge on any atom is -0.414 e. The highest BCUT2D eigenvalue weighted by molar-refractivity contribution is 6.84. The summed E-state index contributed by atoms with van der Waals surface area (Å²) in [5, 5.41) is 0. The van der Waals surface area contributed by atoms with Crippen molar-refractivity contribution in [3.63, 3.8) is 0 Å². The number of fused-ring (bicyclic) bond motifs is 1. The maximum absolute atomic E-state index is 14.7. The molecule has 1 aromatic carbocycles. The summed E-state index contributed by atoms with van der Waals surface area (Å²) in [5.41, 5.74) is -0.179. The van der Waals surface area contributed by atoms with Crippen LogP contribution in [-0.2, 0) is 27.2 Å². The van der Waals surface area contributed by atoms with Gasteiger partial charge in [0.25, 0.3) is 5.56 Å². The third kappa shape index (κ3) is 6.72. The van der Waals surface area contributed by atoms with Gasteiger partial charge in [-0.2, -0.15) is 0 Å². The van der Waals surface area contributed by atoms with Gasteiger partial charge >= 0.3 is 22.8 Å². The Morgan fingerprint density at radius 2 is 1.55 bits per heavy atom. The van der Waals surface area contributed by atoms with Gasteiger partial charge in [0.1, 0.15) is 24.1 Å². The molecule has 0 radical (unpaired) electrons. The fourth-order valence-electron chi connectivity index (χ4n) is 7.51. The summed E-state index contributed by atoms with van der Waals surface area (Å²) in [6.45, 7) is 18.4. The molecule has 3 aliphatic heterocycles. The Hall–Kier alpha value is -2.18. The van der Waals surface area contributed by atoms with E-state index in [9.17, 15) is 14.0 Å². The Labute approximate surface area is 279 Å². The average molecular weight is 694 g/mol. The SMILES string of the molecule is COC1(O[C@@H]2[C@@H]3O[Si](C(C)C)(C(C)C)O[Si](C(C)C)(C(C)C)OC[C@H]3O[C@H]2n2ccc(=O)[nH]c2=O)CCN(c2ccccc2F)CC1. The molecule has 3 saturated heterocycles. The number of rotatable bonds is 9. The van der Waals surface area contributed by atoms with Gasteiger partial charge in [0.15, 0.2) is 12.0 Å². The summed E-state index contributed by atoms with van der Waals surface area (Å²) < 4.78 is 57.6. The standard InChI is InChI=1S/C33H52FN3O8Si2/c1-21(2)46(22(3)4)41-20-27-29(44-47(45-46,23(5)6)24(7)8)30(31(42-27)37-17-14-28(38)35-32(37)39)43-33(40-9)15-18-36(19-16-33)26-13-11-10-12-25(26)34/h10-14,17,21-24,27,29-31H,15-16,18-20H2,1-9H3,(H,35,38,39)/t27-,29-,30-,31-/m1/s1. The van der Waals surface area contributed by atoms with Crippen LogP contribution < -0.4 is 16.1 Å². The molecular weight excluding hydrogens is 642 g/mol. The van der Waals surface area contributed by atoms with Crippen LogP contribution in [0.3, 0.4) is 0 Å². The number of H-pyrrole nitrogens is 1. The number of ether oxygens (including phenoxy) is 3. The minimum absolute atomic E-state index is 0.0603. The van der Waals surface area contributed by atoms with Gasteiger partial charge in [-0.3, -0.25) is 14.3 Å². The lowest BCUT2D eigenvalue weighted by molar-refractivity contribution is -0.276. The van der Waals surface area contributed by atoms with Crippen molar-refractivity contribution in [3.05, 3.63) is 63.2 Å². The van der Waals surface area contributed by atoms with Crippen LogP contribution in [0.4, 0.5) is 10.1 Å². The molecule has 4 atom stereocenters. The van der Waals surface area contributed by atoms with Crippen molar-refractivity contribution in [2.24, 2.45) is 0 Å². The fourth-order valence-corrected chi connectivity index (χ4v) is 18.7. The highest BCUT2D eigenvalue weighted by Crippen LogP contribution is 2.49. The van der Waals surface area contributed by atoms with E-state index in [1.54, 1.807) is 19.2 Å². The normalized spacial score (nSPS) is 27.3. The zero-order chi connectivity index (χ0) is 34.3. The van der Waals surface area contributed by atoms with E-state index in [4.69, 9.17) is 27.2 Å². The van der Waals surface area contributed by atoms with Crippen LogP contribution >= 0.6 is 0 Å². The monoisotopic (exact) mass is 693 g/mol. The van der Waals surface area contributed by atoms with Crippen molar-refractivity contribution in [3.8, 4) is 0 Å². The van der Waals surface area contributed by atoms with E-state index in [-0.39, 0.29) is 34.6 Å². The van der Waals surface area contributed by atoms with Gasteiger partial charge < -0.3 is 32.1 Å². The van der Waals surface area contributed by atoms with E-state index in [1.165, 1.54) is 22.9 Å². The minimum atomic E-state index is -3.08. The molecule has 262 valence electrons. The molecular formula is C33H52FN3O8Si2. The van der Waals surface area contributed by atoms with Crippen molar-refractivity contribution in [2.75, 3.05) is 31.7 Å². The first-order valence-electron chi connectivity index (χ1n) is 16.9. The Kier molecular flexibility index (Phi) is 10.7. The number of hydrogen-bond acceptors (Lipinski definition) is 9. The van der Waals surface area contributed by atoms with E-state index < -0.39 is 58.7 Å². The van der Waals surface area contributed by atoms with Gasteiger partial charge in [0.2, 0.25) is 0 Å². The largest absolute Gasteiger partial charge is 0.414 e. The molecule has 1 aromatic heterocycles. The highest BCUT2D eigenvalue weighted by Gasteiger charge is 2.63. The summed E-state index contributed by atoms with van der Waals surface area (Å²) in [5.74, 6) is -1.35. The lowest BCUT2D eigenvalue weighted by Crippen LogP contribution is -2.66. The van der Waals surface area contributed by atoms with Crippen LogP contribution in [0.15, 0.2) is 46.1 Å². The smallest absolute Gasteiger partial charge is 0.335 e. The summed E-state index contributed by atoms with van der Waals surface area (Å²) in [4.78, 5) is 29.6. The third-order valence-electron chi connectivity index (χ3n) is 10.2. The molecule has 2 aromatic rings. The summed E-state index contributed by atoms with van der Waals surface area (Å²) >= 11 is 0. The quantitative estimate of drug-likeness (QED) is 0.267. The second kappa shape index (κ2) is 14.0. The van der Waals surface area contributed by atoms with Gasteiger partial charge in [-0.15, -0.1) is 0 Å². The molecule has 5 rings (SSSR count). The van der Waals surface area contributed by atoms with Crippen LogP contribution in [0.25, 0.3) is 0 Å². The van der Waals surface area contributed by atoms with Crippen LogP contribution in [0, 0.1) is 5.82 Å². The molecule has 4 heterocycles. The van der Waals surface area contributed by atoms with Crippen LogP contribution in [0.5, 0.6) is 0 Å². The van der Waals surface area contributed by atoms with Crippen LogP contribution in [0.2, 0.25) is 22.2 Å². The number of benzene rings is 1. The lowest BCUT2D eigenvalue weighted by Gasteiger charge is -2.52. The summed E-state index contributed by atoms with van der Waals surface area (Å²) in [6, 6.07) is 8.01. The Bertz CT molecular complexity index is 1480. The molecule has 0 aliphatic carbocycles. The number of piperidine rings is 1. The van der Waals surface area contributed by atoms with Gasteiger partial charge in [-0.25, -0.2) is 9.18 Å². The predicted molar refractivity (Wildman–Crippen MR) is 182 cm³/mol. The first-order chi connectivity index (χ1) is 22.2. The van der Waals surface area contributed by atoms with Crippen LogP contribution in [0.1, 0.15) is 74.5 Å². The number of methoxy groups -OCH3 is 1. The molecule has 0 unspecified atom stereocenters. The first-order valence-corrected chi connectivity index (χ1v) is 20.8. The van der Waals surface area contributed by atoms with Gasteiger partial charge in [0, 0.05) is 45.3 Å². The topological polar surface area (TPSA) is 113 Å². The van der Waals surface area contributed by atoms with Crippen molar-refractivity contribution >= 4 is 22.8 Å². The van der Waals surface area contributed by atoms with Crippen molar-refractivity contribution in [1.29, 1.82) is 0 Å². The second-order valence-corrected chi connectivity index (χ2v) is 23.1. The van der Waals surface area contributed by atoms with E-state index in [2.05, 4.69) is 60.4 Å². The number of aromatic amines is 1. The number of para-hydroxylation sites is 1.